The van der Waals surface area contributed by atoms with Crippen molar-refractivity contribution in [3.8, 4) is 0 Å². The molecule has 1 rings (SSSR count). The van der Waals surface area contributed by atoms with Gasteiger partial charge < -0.3 is 5.11 Å². The molecule has 0 aromatic heterocycles. The van der Waals surface area contributed by atoms with Crippen LogP contribution in [0.5, 0.6) is 0 Å². The fourth-order valence-electron chi connectivity index (χ4n) is 1.27. The summed E-state index contributed by atoms with van der Waals surface area (Å²) in [7, 11) is 0. The first kappa shape index (κ1) is 12.0. The van der Waals surface area contributed by atoms with Gasteiger partial charge in [0.15, 0.2) is 0 Å². The van der Waals surface area contributed by atoms with E-state index in [2.05, 4.69) is 22.9 Å². The van der Waals surface area contributed by atoms with Crippen LogP contribution >= 0.6 is 27.5 Å². The molecular weight excluding hydrogens is 263 g/mol. The molecule has 0 radical (unpaired) electrons. The summed E-state index contributed by atoms with van der Waals surface area (Å²) >= 11 is 9.22. The third kappa shape index (κ3) is 2.72. The monoisotopic (exact) mass is 276 g/mol. The van der Waals surface area contributed by atoms with Gasteiger partial charge in [0.25, 0.3) is 0 Å². The van der Waals surface area contributed by atoms with Crippen molar-refractivity contribution >= 4 is 27.5 Å². The number of hydrogen-bond donors (Lipinski definition) is 1. The lowest BCUT2D eigenvalue weighted by molar-refractivity contribution is 0.115. The SMILES string of the molecule is CCC(C)C(O)c1ccc(Cl)cc1Br. The number of aliphatic hydroxyl groups is 1. The maximum atomic E-state index is 9.99. The molecule has 0 aliphatic rings. The van der Waals surface area contributed by atoms with E-state index in [-0.39, 0.29) is 5.92 Å². The van der Waals surface area contributed by atoms with Crippen LogP contribution in [-0.2, 0) is 0 Å². The Hall–Kier alpha value is -0.0500. The van der Waals surface area contributed by atoms with Crippen molar-refractivity contribution in [2.45, 2.75) is 26.4 Å². The highest BCUT2D eigenvalue weighted by Crippen LogP contribution is 2.31. The van der Waals surface area contributed by atoms with Crippen LogP contribution in [0.3, 0.4) is 0 Å². The van der Waals surface area contributed by atoms with Crippen LogP contribution in [0.25, 0.3) is 0 Å². The minimum absolute atomic E-state index is 0.257. The van der Waals surface area contributed by atoms with E-state index in [0.29, 0.717) is 5.02 Å². The second kappa shape index (κ2) is 5.15. The Balaban J connectivity index is 2.95. The molecule has 1 N–H and O–H groups in total. The molecular formula is C11H14BrClO. The van der Waals surface area contributed by atoms with E-state index in [1.165, 1.54) is 0 Å². The van der Waals surface area contributed by atoms with E-state index >= 15 is 0 Å². The average Bonchev–Trinajstić information content (AvgIpc) is 2.15. The third-order valence-electron chi connectivity index (χ3n) is 2.46. The van der Waals surface area contributed by atoms with E-state index in [0.717, 1.165) is 16.5 Å². The highest BCUT2D eigenvalue weighted by atomic mass is 79.9. The second-order valence-corrected chi connectivity index (χ2v) is 4.79. The lowest BCUT2D eigenvalue weighted by Gasteiger charge is -2.18. The van der Waals surface area contributed by atoms with Gasteiger partial charge in [-0.2, -0.15) is 0 Å². The molecule has 14 heavy (non-hydrogen) atoms. The lowest BCUT2D eigenvalue weighted by Crippen LogP contribution is -2.08. The van der Waals surface area contributed by atoms with Gasteiger partial charge in [-0.15, -0.1) is 0 Å². The van der Waals surface area contributed by atoms with E-state index in [9.17, 15) is 5.11 Å². The van der Waals surface area contributed by atoms with Gasteiger partial charge in [-0.1, -0.05) is 53.9 Å². The Labute approximate surface area is 98.2 Å². The number of hydrogen-bond acceptors (Lipinski definition) is 1. The van der Waals surface area contributed by atoms with Gasteiger partial charge in [0, 0.05) is 9.50 Å². The maximum Gasteiger partial charge on any atom is 0.0826 e. The van der Waals surface area contributed by atoms with Crippen LogP contribution in [0.4, 0.5) is 0 Å². The van der Waals surface area contributed by atoms with Gasteiger partial charge in [-0.3, -0.25) is 0 Å². The average molecular weight is 278 g/mol. The van der Waals surface area contributed by atoms with Gasteiger partial charge in [-0.25, -0.2) is 0 Å². The molecule has 1 nitrogen and oxygen atoms in total. The van der Waals surface area contributed by atoms with Crippen LogP contribution in [0.15, 0.2) is 22.7 Å². The molecule has 3 heteroatoms. The lowest BCUT2D eigenvalue weighted by atomic mass is 9.95. The summed E-state index contributed by atoms with van der Waals surface area (Å²) in [6.45, 7) is 4.10. The Morgan fingerprint density at radius 2 is 2.14 bits per heavy atom. The quantitative estimate of drug-likeness (QED) is 0.878. The van der Waals surface area contributed by atoms with Crippen molar-refractivity contribution in [1.82, 2.24) is 0 Å². The highest BCUT2D eigenvalue weighted by molar-refractivity contribution is 9.10. The summed E-state index contributed by atoms with van der Waals surface area (Å²) in [5.74, 6) is 0.257. The van der Waals surface area contributed by atoms with Gasteiger partial charge in [0.2, 0.25) is 0 Å². The van der Waals surface area contributed by atoms with Gasteiger partial charge >= 0.3 is 0 Å². The highest BCUT2D eigenvalue weighted by Gasteiger charge is 2.17. The zero-order valence-corrected chi connectivity index (χ0v) is 10.6. The predicted octanol–water partition coefficient (Wildman–Crippen LogP) is 4.18. The third-order valence-corrected chi connectivity index (χ3v) is 3.39. The van der Waals surface area contributed by atoms with E-state index < -0.39 is 6.10 Å². The number of aliphatic hydroxyl groups excluding tert-OH is 1. The Morgan fingerprint density at radius 3 is 2.64 bits per heavy atom. The molecule has 2 atom stereocenters. The van der Waals surface area contributed by atoms with Crippen LogP contribution in [0, 0.1) is 5.92 Å². The zero-order chi connectivity index (χ0) is 10.7. The first-order valence-corrected chi connectivity index (χ1v) is 5.86. The van der Waals surface area contributed by atoms with Crippen molar-refractivity contribution in [3.63, 3.8) is 0 Å². The van der Waals surface area contributed by atoms with Crippen molar-refractivity contribution in [2.75, 3.05) is 0 Å². The van der Waals surface area contributed by atoms with Crippen LogP contribution in [0.1, 0.15) is 31.9 Å². The molecule has 0 aliphatic carbocycles. The first-order valence-electron chi connectivity index (χ1n) is 4.69. The minimum atomic E-state index is -0.424. The molecule has 2 unspecified atom stereocenters. The molecule has 0 aliphatic heterocycles. The number of benzene rings is 1. The Bertz CT molecular complexity index is 314. The summed E-state index contributed by atoms with van der Waals surface area (Å²) in [6.07, 6.45) is 0.530. The van der Waals surface area contributed by atoms with E-state index in [1.807, 2.05) is 19.1 Å². The summed E-state index contributed by atoms with van der Waals surface area (Å²) < 4.78 is 0.873. The molecule has 0 saturated heterocycles. The van der Waals surface area contributed by atoms with Crippen LogP contribution < -0.4 is 0 Å². The molecule has 0 bridgehead atoms. The smallest absolute Gasteiger partial charge is 0.0826 e. The van der Waals surface area contributed by atoms with Crippen LogP contribution in [0.2, 0.25) is 5.02 Å². The summed E-state index contributed by atoms with van der Waals surface area (Å²) in [5.41, 5.74) is 0.906. The van der Waals surface area contributed by atoms with E-state index in [1.54, 1.807) is 6.07 Å². The molecule has 0 heterocycles. The molecule has 1 aromatic rings. The second-order valence-electron chi connectivity index (χ2n) is 3.50. The van der Waals surface area contributed by atoms with Crippen molar-refractivity contribution < 1.29 is 5.11 Å². The normalized spacial score (nSPS) is 15.2. The molecule has 0 amide bonds. The van der Waals surface area contributed by atoms with Crippen molar-refractivity contribution in [1.29, 1.82) is 0 Å². The fraction of sp³-hybridized carbons (Fsp3) is 0.455. The van der Waals surface area contributed by atoms with Crippen molar-refractivity contribution in [3.05, 3.63) is 33.3 Å². The summed E-state index contributed by atoms with van der Waals surface area (Å²) in [4.78, 5) is 0. The Morgan fingerprint density at radius 1 is 1.50 bits per heavy atom. The topological polar surface area (TPSA) is 20.2 Å². The fourth-order valence-corrected chi connectivity index (χ4v) is 2.19. The largest absolute Gasteiger partial charge is 0.388 e. The predicted molar refractivity (Wildman–Crippen MR) is 63.6 cm³/mol. The molecule has 1 aromatic carbocycles. The van der Waals surface area contributed by atoms with Crippen LogP contribution in [-0.4, -0.2) is 5.11 Å². The summed E-state index contributed by atoms with van der Waals surface area (Å²) in [6, 6.07) is 5.47. The summed E-state index contributed by atoms with van der Waals surface area (Å²) in [5, 5.41) is 10.7. The standard InChI is InChI=1S/C11H14BrClO/c1-3-7(2)11(14)9-5-4-8(13)6-10(9)12/h4-7,11,14H,3H2,1-2H3. The van der Waals surface area contributed by atoms with Crippen molar-refractivity contribution in [2.24, 2.45) is 5.92 Å². The zero-order valence-electron chi connectivity index (χ0n) is 8.30. The van der Waals surface area contributed by atoms with Gasteiger partial charge in [0.1, 0.15) is 0 Å². The van der Waals surface area contributed by atoms with Gasteiger partial charge in [0.05, 0.1) is 6.10 Å². The Kier molecular flexibility index (Phi) is 4.42. The molecule has 78 valence electrons. The molecule has 0 fully saturated rings. The van der Waals surface area contributed by atoms with E-state index in [4.69, 9.17) is 11.6 Å². The minimum Gasteiger partial charge on any atom is -0.388 e. The number of halogens is 2. The maximum absolute atomic E-state index is 9.99. The molecule has 0 saturated carbocycles. The first-order chi connectivity index (χ1) is 6.56. The van der Waals surface area contributed by atoms with Gasteiger partial charge in [-0.05, 0) is 23.6 Å². The number of rotatable bonds is 3. The molecule has 0 spiro atoms.